The average Bonchev–Trinajstić information content (AvgIpc) is 2.16. The Morgan fingerprint density at radius 2 is 1.93 bits per heavy atom. The van der Waals surface area contributed by atoms with E-state index < -0.39 is 0 Å². The highest BCUT2D eigenvalue weighted by Gasteiger charge is 2.36. The number of fused-ring (bicyclic) bond motifs is 3. The van der Waals surface area contributed by atoms with Gasteiger partial charge in [0.05, 0.1) is 6.10 Å². The predicted molar refractivity (Wildman–Crippen MR) is 55.0 cm³/mol. The van der Waals surface area contributed by atoms with Gasteiger partial charge >= 0.3 is 0 Å². The van der Waals surface area contributed by atoms with Crippen LogP contribution in [0.25, 0.3) is 0 Å². The van der Waals surface area contributed by atoms with Gasteiger partial charge in [-0.2, -0.15) is 5.06 Å². The van der Waals surface area contributed by atoms with Crippen molar-refractivity contribution in [1.82, 2.24) is 9.96 Å². The minimum atomic E-state index is 0.244. The first-order valence-electron chi connectivity index (χ1n) is 6.04. The van der Waals surface area contributed by atoms with E-state index >= 15 is 0 Å². The molecule has 4 heteroatoms. The third-order valence-electron chi connectivity index (χ3n) is 3.84. The molecule has 3 heterocycles. The molecule has 0 atom stereocenters. The second-order valence-electron chi connectivity index (χ2n) is 4.85. The van der Waals surface area contributed by atoms with Crippen LogP contribution < -0.4 is 0 Å². The van der Waals surface area contributed by atoms with Crippen LogP contribution in [0.1, 0.15) is 32.1 Å². The molecule has 3 saturated heterocycles. The van der Waals surface area contributed by atoms with Crippen LogP contribution in [0.2, 0.25) is 0 Å². The van der Waals surface area contributed by atoms with Crippen molar-refractivity contribution in [3.63, 3.8) is 0 Å². The van der Waals surface area contributed by atoms with E-state index in [1.165, 1.54) is 32.1 Å². The van der Waals surface area contributed by atoms with Crippen molar-refractivity contribution in [2.75, 3.05) is 19.6 Å². The van der Waals surface area contributed by atoms with Crippen LogP contribution in [-0.2, 0) is 9.63 Å². The number of carbonyl (C=O) groups excluding carboxylic acids is 1. The molecule has 0 unspecified atom stereocenters. The Bertz CT molecular complexity index is 257. The number of hydroxylamine groups is 2. The van der Waals surface area contributed by atoms with Gasteiger partial charge in [0, 0.05) is 19.1 Å². The maximum absolute atomic E-state index is 11.8. The Balaban J connectivity index is 1.56. The summed E-state index contributed by atoms with van der Waals surface area (Å²) in [6.07, 6.45) is 6.33. The highest BCUT2D eigenvalue weighted by Crippen LogP contribution is 2.32. The molecule has 15 heavy (non-hydrogen) atoms. The number of rotatable bonds is 2. The monoisotopic (exact) mass is 210 g/mol. The normalized spacial score (nSPS) is 35.3. The zero-order valence-electron chi connectivity index (χ0n) is 9.02. The van der Waals surface area contributed by atoms with E-state index in [1.54, 1.807) is 0 Å². The van der Waals surface area contributed by atoms with Gasteiger partial charge in [0.25, 0.3) is 0 Å². The number of likely N-dealkylation sites (tertiary alicyclic amines) is 1. The molecule has 2 bridgehead atoms. The SMILES string of the molecule is O=C(CN1OC2CCC1CC2)N1CCC1. The van der Waals surface area contributed by atoms with Crippen LogP contribution in [0.4, 0.5) is 0 Å². The summed E-state index contributed by atoms with van der Waals surface area (Å²) in [5.74, 6) is 0.244. The van der Waals surface area contributed by atoms with Gasteiger partial charge in [-0.05, 0) is 32.1 Å². The minimum absolute atomic E-state index is 0.244. The maximum atomic E-state index is 11.8. The zero-order valence-corrected chi connectivity index (χ0v) is 9.02. The fourth-order valence-electron chi connectivity index (χ4n) is 2.68. The Labute approximate surface area is 90.1 Å². The number of hydrogen-bond donors (Lipinski definition) is 0. The van der Waals surface area contributed by atoms with Crippen molar-refractivity contribution in [2.24, 2.45) is 0 Å². The minimum Gasteiger partial charge on any atom is -0.341 e. The van der Waals surface area contributed by atoms with Gasteiger partial charge < -0.3 is 4.90 Å². The molecule has 1 amide bonds. The fraction of sp³-hybridized carbons (Fsp3) is 0.909. The van der Waals surface area contributed by atoms with Gasteiger partial charge in [-0.15, -0.1) is 0 Å². The number of hydrogen-bond acceptors (Lipinski definition) is 3. The van der Waals surface area contributed by atoms with Crippen molar-refractivity contribution in [1.29, 1.82) is 0 Å². The van der Waals surface area contributed by atoms with Gasteiger partial charge in [-0.1, -0.05) is 0 Å². The summed E-state index contributed by atoms with van der Waals surface area (Å²) in [6, 6.07) is 0.500. The Morgan fingerprint density at radius 3 is 2.40 bits per heavy atom. The molecule has 0 aromatic heterocycles. The standard InChI is InChI=1S/C11H18N2O2/c14-11(12-6-1-7-12)8-13-9-2-4-10(15-13)5-3-9/h9-10H,1-8H2. The lowest BCUT2D eigenvalue weighted by molar-refractivity contribution is -0.274. The van der Waals surface area contributed by atoms with Crippen molar-refractivity contribution in [3.05, 3.63) is 0 Å². The number of amides is 1. The van der Waals surface area contributed by atoms with Crippen LogP contribution in [0.15, 0.2) is 0 Å². The lowest BCUT2D eigenvalue weighted by Gasteiger charge is -2.45. The van der Waals surface area contributed by atoms with Gasteiger partial charge in [0.15, 0.2) is 0 Å². The van der Waals surface area contributed by atoms with Crippen LogP contribution >= 0.6 is 0 Å². The summed E-state index contributed by atoms with van der Waals surface area (Å²) in [7, 11) is 0. The lowest BCUT2D eigenvalue weighted by atomic mass is 9.91. The van der Waals surface area contributed by atoms with E-state index in [1.807, 2.05) is 9.96 Å². The predicted octanol–water partition coefficient (Wildman–Crippen LogP) is 0.777. The molecule has 84 valence electrons. The van der Waals surface area contributed by atoms with Crippen LogP contribution in [0, 0.1) is 0 Å². The molecule has 3 aliphatic heterocycles. The molecule has 1 aliphatic carbocycles. The molecule has 0 aromatic carbocycles. The highest BCUT2D eigenvalue weighted by atomic mass is 16.7. The second-order valence-corrected chi connectivity index (χ2v) is 4.85. The van der Waals surface area contributed by atoms with Crippen molar-refractivity contribution in [3.8, 4) is 0 Å². The van der Waals surface area contributed by atoms with E-state index in [-0.39, 0.29) is 5.91 Å². The summed E-state index contributed by atoms with van der Waals surface area (Å²) in [4.78, 5) is 19.5. The molecule has 4 nitrogen and oxygen atoms in total. The Hall–Kier alpha value is -0.610. The third kappa shape index (κ3) is 1.76. The van der Waals surface area contributed by atoms with E-state index in [0.717, 1.165) is 13.1 Å². The van der Waals surface area contributed by atoms with E-state index in [9.17, 15) is 4.79 Å². The van der Waals surface area contributed by atoms with E-state index in [4.69, 9.17) is 4.84 Å². The van der Waals surface area contributed by atoms with Crippen LogP contribution in [-0.4, -0.2) is 47.7 Å². The number of nitrogens with zero attached hydrogens (tertiary/aromatic N) is 2. The fourth-order valence-corrected chi connectivity index (χ4v) is 2.68. The summed E-state index contributed by atoms with van der Waals surface area (Å²) < 4.78 is 0. The molecule has 4 fully saturated rings. The van der Waals surface area contributed by atoms with Gasteiger partial charge in [-0.25, -0.2) is 0 Å². The first-order valence-corrected chi connectivity index (χ1v) is 6.04. The Morgan fingerprint density at radius 1 is 1.20 bits per heavy atom. The topological polar surface area (TPSA) is 32.8 Å². The first-order chi connectivity index (χ1) is 7.33. The third-order valence-corrected chi connectivity index (χ3v) is 3.84. The van der Waals surface area contributed by atoms with Gasteiger partial charge in [0.1, 0.15) is 6.54 Å². The van der Waals surface area contributed by atoms with Gasteiger partial charge in [0.2, 0.25) is 5.91 Å². The molecule has 4 rings (SSSR count). The largest absolute Gasteiger partial charge is 0.341 e. The average molecular weight is 210 g/mol. The molecule has 0 radical (unpaired) electrons. The van der Waals surface area contributed by atoms with E-state index in [0.29, 0.717) is 18.7 Å². The summed E-state index contributed by atoms with van der Waals surface area (Å²) in [5.41, 5.74) is 0. The smallest absolute Gasteiger partial charge is 0.239 e. The molecule has 0 N–H and O–H groups in total. The Kier molecular flexibility index (Phi) is 2.41. The summed E-state index contributed by atoms with van der Waals surface area (Å²) in [5, 5.41) is 1.94. The lowest BCUT2D eigenvalue weighted by Crippen LogP contribution is -2.54. The quantitative estimate of drug-likeness (QED) is 0.675. The molecular formula is C11H18N2O2. The van der Waals surface area contributed by atoms with Crippen molar-refractivity contribution in [2.45, 2.75) is 44.2 Å². The van der Waals surface area contributed by atoms with Crippen molar-refractivity contribution >= 4 is 5.91 Å². The molecule has 0 spiro atoms. The van der Waals surface area contributed by atoms with Gasteiger partial charge in [-0.3, -0.25) is 9.63 Å². The molecule has 0 aromatic rings. The number of carbonyl (C=O) groups is 1. The molecule has 1 saturated carbocycles. The van der Waals surface area contributed by atoms with Crippen LogP contribution in [0.5, 0.6) is 0 Å². The van der Waals surface area contributed by atoms with Crippen molar-refractivity contribution < 1.29 is 9.63 Å². The van der Waals surface area contributed by atoms with E-state index in [2.05, 4.69) is 0 Å². The zero-order chi connectivity index (χ0) is 10.3. The maximum Gasteiger partial charge on any atom is 0.239 e. The summed E-state index contributed by atoms with van der Waals surface area (Å²) >= 11 is 0. The summed E-state index contributed by atoms with van der Waals surface area (Å²) in [6.45, 7) is 2.36. The van der Waals surface area contributed by atoms with Crippen LogP contribution in [0.3, 0.4) is 0 Å². The molecular weight excluding hydrogens is 192 g/mol. The highest BCUT2D eigenvalue weighted by molar-refractivity contribution is 5.78. The molecule has 4 aliphatic rings. The second kappa shape index (κ2) is 3.76. The first kappa shape index (κ1) is 9.60.